The molecule has 2 aromatic carbocycles. The number of halogens is 1. The topological polar surface area (TPSA) is 151 Å². The molecule has 3 N–H and O–H groups in total. The zero-order valence-electron chi connectivity index (χ0n) is 23.3. The van der Waals surface area contributed by atoms with Crippen molar-refractivity contribution in [2.45, 2.75) is 25.7 Å². The van der Waals surface area contributed by atoms with Crippen molar-refractivity contribution in [3.05, 3.63) is 58.1 Å². The molecule has 43 heavy (non-hydrogen) atoms. The summed E-state index contributed by atoms with van der Waals surface area (Å²) in [5.74, 6) is -2.12. The van der Waals surface area contributed by atoms with E-state index in [9.17, 15) is 19.2 Å². The first-order valence-corrected chi connectivity index (χ1v) is 14.5. The molecule has 0 aliphatic rings. The zero-order valence-corrected chi connectivity index (χ0v) is 25.0. The van der Waals surface area contributed by atoms with Crippen LogP contribution in [-0.2, 0) is 9.59 Å². The number of hydrogen-bond donors (Lipinski definition) is 2. The molecule has 4 aromatic rings. The standard InChI is InChI=1S/C30H28FNO9S2/c1-15(13-40-21-8-16-9-25(19(34)5-7-28(36)37)42-23(16)11-20(21)38-2)14-41-30-22(39-3)12-24-17(29(30)31)10-26(43-24)18(33)4-6-27(32)35/h8-12H,1,4-7,13-14H2,2-3H3,(H2,32,35)(H,36,37). The van der Waals surface area contributed by atoms with Gasteiger partial charge in [0.25, 0.3) is 0 Å². The molecule has 0 fully saturated rings. The van der Waals surface area contributed by atoms with Crippen molar-refractivity contribution in [2.24, 2.45) is 5.73 Å². The third-order valence-electron chi connectivity index (χ3n) is 6.27. The summed E-state index contributed by atoms with van der Waals surface area (Å²) in [6.45, 7) is 3.84. The SMILES string of the molecule is C=C(COc1cc2cc(C(=O)CCC(=O)O)sc2cc1OC)COc1c(OC)cc2sc(C(=O)CCC(N)=O)cc2c1F. The van der Waals surface area contributed by atoms with Crippen molar-refractivity contribution in [2.75, 3.05) is 27.4 Å². The van der Waals surface area contributed by atoms with Gasteiger partial charge in [0.2, 0.25) is 5.91 Å². The van der Waals surface area contributed by atoms with Crippen molar-refractivity contribution in [1.29, 1.82) is 0 Å². The second-order valence-electron chi connectivity index (χ2n) is 9.43. The van der Waals surface area contributed by atoms with E-state index in [1.807, 2.05) is 0 Å². The maximum atomic E-state index is 15.5. The third kappa shape index (κ3) is 7.48. The van der Waals surface area contributed by atoms with Crippen LogP contribution in [0.1, 0.15) is 45.0 Å². The first kappa shape index (κ1) is 31.4. The molecule has 0 saturated heterocycles. The Bertz CT molecular complexity index is 1740. The van der Waals surface area contributed by atoms with Crippen LogP contribution in [0.25, 0.3) is 20.2 Å². The number of rotatable bonds is 16. The molecule has 226 valence electrons. The molecular weight excluding hydrogens is 601 g/mol. The van der Waals surface area contributed by atoms with Crippen molar-refractivity contribution < 1.29 is 47.6 Å². The number of benzene rings is 2. The van der Waals surface area contributed by atoms with Gasteiger partial charge in [-0.1, -0.05) is 6.58 Å². The Balaban J connectivity index is 1.44. The van der Waals surface area contributed by atoms with Crippen LogP contribution in [-0.4, -0.2) is 56.0 Å². The molecule has 0 atom stereocenters. The molecule has 13 heteroatoms. The molecule has 0 aliphatic carbocycles. The molecule has 0 unspecified atom stereocenters. The van der Waals surface area contributed by atoms with E-state index < -0.39 is 17.7 Å². The Kier molecular flexibility index (Phi) is 9.99. The van der Waals surface area contributed by atoms with Gasteiger partial charge in [-0.25, -0.2) is 4.39 Å². The molecule has 0 saturated carbocycles. The smallest absolute Gasteiger partial charge is 0.303 e. The maximum absolute atomic E-state index is 15.5. The lowest BCUT2D eigenvalue weighted by Gasteiger charge is -2.15. The molecule has 0 aliphatic heterocycles. The highest BCUT2D eigenvalue weighted by molar-refractivity contribution is 7.21. The molecule has 10 nitrogen and oxygen atoms in total. The second-order valence-corrected chi connectivity index (χ2v) is 11.6. The molecule has 0 spiro atoms. The van der Waals surface area contributed by atoms with Crippen LogP contribution >= 0.6 is 22.7 Å². The van der Waals surface area contributed by atoms with Gasteiger partial charge in [0, 0.05) is 46.2 Å². The minimum atomic E-state index is -1.04. The van der Waals surface area contributed by atoms with Gasteiger partial charge in [0.05, 0.1) is 30.4 Å². The lowest BCUT2D eigenvalue weighted by molar-refractivity contribution is -0.137. The minimum absolute atomic E-state index is 0.000450. The molecule has 0 radical (unpaired) electrons. The number of ether oxygens (including phenoxy) is 4. The summed E-state index contributed by atoms with van der Waals surface area (Å²) < 4.78 is 39.1. The van der Waals surface area contributed by atoms with Crippen LogP contribution in [0, 0.1) is 5.82 Å². The van der Waals surface area contributed by atoms with Crippen LogP contribution in [0.2, 0.25) is 0 Å². The van der Waals surface area contributed by atoms with Crippen molar-refractivity contribution in [3.63, 3.8) is 0 Å². The van der Waals surface area contributed by atoms with E-state index in [0.717, 1.165) is 21.4 Å². The molecule has 4 rings (SSSR count). The average Bonchev–Trinajstić information content (AvgIpc) is 3.60. The Hall–Kier alpha value is -4.49. The van der Waals surface area contributed by atoms with E-state index in [1.54, 1.807) is 24.3 Å². The van der Waals surface area contributed by atoms with Crippen LogP contribution in [0.3, 0.4) is 0 Å². The van der Waals surface area contributed by atoms with Crippen molar-refractivity contribution in [3.8, 4) is 23.0 Å². The van der Waals surface area contributed by atoms with E-state index in [4.69, 9.17) is 29.8 Å². The molecule has 2 aromatic heterocycles. The number of amides is 1. The highest BCUT2D eigenvalue weighted by Crippen LogP contribution is 2.41. The monoisotopic (exact) mass is 629 g/mol. The number of aliphatic carboxylic acids is 1. The quantitative estimate of drug-likeness (QED) is 0.116. The number of nitrogens with two attached hydrogens (primary N) is 1. The molecule has 2 heterocycles. The van der Waals surface area contributed by atoms with E-state index in [-0.39, 0.29) is 67.3 Å². The first-order valence-electron chi connectivity index (χ1n) is 12.9. The Labute approximate surface area is 253 Å². The van der Waals surface area contributed by atoms with Crippen molar-refractivity contribution in [1.82, 2.24) is 0 Å². The highest BCUT2D eigenvalue weighted by Gasteiger charge is 2.21. The first-order chi connectivity index (χ1) is 20.5. The second kappa shape index (κ2) is 13.7. The third-order valence-corrected chi connectivity index (χ3v) is 8.53. The lowest BCUT2D eigenvalue weighted by Crippen LogP contribution is -2.12. The van der Waals surface area contributed by atoms with Crippen LogP contribution in [0.5, 0.6) is 23.0 Å². The van der Waals surface area contributed by atoms with E-state index in [2.05, 4.69) is 6.58 Å². The van der Waals surface area contributed by atoms with E-state index in [1.165, 1.54) is 31.6 Å². The number of thiophene rings is 2. The fourth-order valence-corrected chi connectivity index (χ4v) is 6.17. The lowest BCUT2D eigenvalue weighted by atomic mass is 10.1. The fourth-order valence-electron chi connectivity index (χ4n) is 4.08. The van der Waals surface area contributed by atoms with Gasteiger partial charge in [0.1, 0.15) is 13.2 Å². The number of hydrogen-bond acceptors (Lipinski definition) is 10. The van der Waals surface area contributed by atoms with Gasteiger partial charge in [-0.15, -0.1) is 22.7 Å². The summed E-state index contributed by atoms with van der Waals surface area (Å²) in [6.07, 6.45) is -0.506. The number of carboxylic acid groups (broad SMARTS) is 1. The Morgan fingerprint density at radius 3 is 2.07 bits per heavy atom. The summed E-state index contributed by atoms with van der Waals surface area (Å²) in [6, 6.07) is 8.11. The Morgan fingerprint density at radius 1 is 0.814 bits per heavy atom. The van der Waals surface area contributed by atoms with Gasteiger partial charge in [-0.2, -0.15) is 0 Å². The van der Waals surface area contributed by atoms with E-state index >= 15 is 4.39 Å². The highest BCUT2D eigenvalue weighted by atomic mass is 32.1. The molecule has 0 bridgehead atoms. The number of primary amides is 1. The van der Waals surface area contributed by atoms with Crippen LogP contribution in [0.4, 0.5) is 4.39 Å². The van der Waals surface area contributed by atoms with Crippen LogP contribution < -0.4 is 24.7 Å². The molecule has 1 amide bonds. The number of carboxylic acids is 1. The summed E-state index contributed by atoms with van der Waals surface area (Å²) in [5, 5.41) is 9.75. The van der Waals surface area contributed by atoms with Crippen LogP contribution in [0.15, 0.2) is 42.5 Å². The normalized spacial score (nSPS) is 11.0. The van der Waals surface area contributed by atoms with Gasteiger partial charge >= 0.3 is 5.97 Å². The minimum Gasteiger partial charge on any atom is -0.493 e. The predicted octanol–water partition coefficient (Wildman–Crippen LogP) is 5.78. The summed E-state index contributed by atoms with van der Waals surface area (Å²) in [5.41, 5.74) is 5.59. The van der Waals surface area contributed by atoms with Crippen molar-refractivity contribution >= 4 is 66.3 Å². The zero-order chi connectivity index (χ0) is 31.3. The van der Waals surface area contributed by atoms with Gasteiger partial charge < -0.3 is 29.8 Å². The summed E-state index contributed by atoms with van der Waals surface area (Å²) in [7, 11) is 2.85. The molecular formula is C30H28FNO9S2. The number of carbonyl (C=O) groups excluding carboxylic acids is 3. The van der Waals surface area contributed by atoms with Gasteiger partial charge in [-0.3, -0.25) is 19.2 Å². The number of ketones is 2. The fraction of sp³-hybridized carbons (Fsp3) is 0.267. The summed E-state index contributed by atoms with van der Waals surface area (Å²) >= 11 is 2.32. The Morgan fingerprint density at radius 2 is 1.42 bits per heavy atom. The van der Waals surface area contributed by atoms with Gasteiger partial charge in [-0.05, 0) is 29.2 Å². The summed E-state index contributed by atoms with van der Waals surface area (Å²) in [4.78, 5) is 47.4. The largest absolute Gasteiger partial charge is 0.493 e. The number of fused-ring (bicyclic) bond motifs is 2. The van der Waals surface area contributed by atoms with E-state index in [0.29, 0.717) is 31.5 Å². The number of methoxy groups -OCH3 is 2. The average molecular weight is 630 g/mol. The predicted molar refractivity (Wildman–Crippen MR) is 161 cm³/mol. The van der Waals surface area contributed by atoms with Gasteiger partial charge in [0.15, 0.2) is 40.4 Å². The number of carbonyl (C=O) groups is 4. The maximum Gasteiger partial charge on any atom is 0.303 e. The number of Topliss-reactive ketones (excluding diaryl/α,β-unsaturated/α-hetero) is 2.